The summed E-state index contributed by atoms with van der Waals surface area (Å²) in [4.78, 5) is 11.4. The molecule has 2 rings (SSSR count). The number of nitrogens with two attached hydrogens (primary N) is 1. The van der Waals surface area contributed by atoms with Crippen LogP contribution in [0.5, 0.6) is 0 Å². The fourth-order valence-electron chi connectivity index (χ4n) is 2.32. The van der Waals surface area contributed by atoms with Gasteiger partial charge in [0.15, 0.2) is 0 Å². The molecule has 1 amide bonds. The maximum atomic E-state index is 11.4. The van der Waals surface area contributed by atoms with E-state index in [1.54, 1.807) is 12.1 Å². The first-order chi connectivity index (χ1) is 8.99. The number of hydrogen-bond donors (Lipinski definition) is 2. The molecule has 0 spiro atoms. The van der Waals surface area contributed by atoms with Gasteiger partial charge in [-0.2, -0.15) is 0 Å². The lowest BCUT2D eigenvalue weighted by atomic mass is 10.0. The van der Waals surface area contributed by atoms with E-state index in [1.807, 2.05) is 12.1 Å². The molecule has 3 heteroatoms. The van der Waals surface area contributed by atoms with Gasteiger partial charge in [0.2, 0.25) is 0 Å². The number of anilines is 2. The Morgan fingerprint density at radius 1 is 1.05 bits per heavy atom. The molecule has 0 heterocycles. The van der Waals surface area contributed by atoms with Crippen molar-refractivity contribution >= 4 is 17.3 Å². The smallest absolute Gasteiger partial charge is 0.250 e. The average molecular weight is 254 g/mol. The van der Waals surface area contributed by atoms with Crippen molar-refractivity contribution in [3.05, 3.63) is 58.7 Å². The van der Waals surface area contributed by atoms with E-state index in [1.165, 1.54) is 5.56 Å². The van der Waals surface area contributed by atoms with E-state index in [0.29, 0.717) is 5.56 Å². The van der Waals surface area contributed by atoms with E-state index in [-0.39, 0.29) is 0 Å². The molecule has 0 aliphatic carbocycles. The van der Waals surface area contributed by atoms with E-state index < -0.39 is 5.91 Å². The van der Waals surface area contributed by atoms with Crippen LogP contribution in [0.4, 0.5) is 11.4 Å². The highest BCUT2D eigenvalue weighted by molar-refractivity contribution is 5.99. The minimum atomic E-state index is -0.425. The Kier molecular flexibility index (Phi) is 3.56. The van der Waals surface area contributed by atoms with E-state index in [4.69, 9.17) is 5.73 Å². The summed E-state index contributed by atoms with van der Waals surface area (Å²) in [6, 6.07) is 11.5. The molecule has 3 nitrogen and oxygen atoms in total. The van der Waals surface area contributed by atoms with E-state index in [0.717, 1.165) is 22.5 Å². The Labute approximate surface area is 113 Å². The summed E-state index contributed by atoms with van der Waals surface area (Å²) < 4.78 is 0. The zero-order valence-electron chi connectivity index (χ0n) is 11.4. The molecule has 0 saturated carbocycles. The summed E-state index contributed by atoms with van der Waals surface area (Å²) >= 11 is 0. The maximum Gasteiger partial charge on any atom is 0.250 e. The van der Waals surface area contributed by atoms with Gasteiger partial charge in [0.05, 0.1) is 11.3 Å². The highest BCUT2D eigenvalue weighted by Crippen LogP contribution is 2.27. The first kappa shape index (κ1) is 13.1. The summed E-state index contributed by atoms with van der Waals surface area (Å²) in [6.45, 7) is 6.17. The number of hydrogen-bond acceptors (Lipinski definition) is 2. The molecular formula is C16H18N2O. The standard InChI is InChI=1S/C16H18N2O/c1-10-8-11(2)15(12(3)9-10)18-14-7-5-4-6-13(14)16(17)19/h4-9,18H,1-3H3,(H2,17,19). The molecule has 0 saturated heterocycles. The van der Waals surface area contributed by atoms with Crippen LogP contribution in [0.2, 0.25) is 0 Å². The minimum Gasteiger partial charge on any atom is -0.366 e. The van der Waals surface area contributed by atoms with Gasteiger partial charge in [-0.3, -0.25) is 4.79 Å². The molecule has 2 aromatic carbocycles. The van der Waals surface area contributed by atoms with Gasteiger partial charge in [-0.1, -0.05) is 29.8 Å². The second-order valence-electron chi connectivity index (χ2n) is 4.81. The lowest BCUT2D eigenvalue weighted by Gasteiger charge is -2.15. The molecule has 0 aliphatic heterocycles. The molecule has 0 unspecified atom stereocenters. The van der Waals surface area contributed by atoms with Gasteiger partial charge in [0.1, 0.15) is 0 Å². The Balaban J connectivity index is 2.45. The first-order valence-corrected chi connectivity index (χ1v) is 6.22. The van der Waals surface area contributed by atoms with Crippen molar-refractivity contribution in [1.82, 2.24) is 0 Å². The van der Waals surface area contributed by atoms with Gasteiger partial charge in [-0.15, -0.1) is 0 Å². The van der Waals surface area contributed by atoms with Crippen molar-refractivity contribution in [3.8, 4) is 0 Å². The van der Waals surface area contributed by atoms with Crippen LogP contribution in [0.3, 0.4) is 0 Å². The van der Waals surface area contributed by atoms with Crippen molar-refractivity contribution < 1.29 is 4.79 Å². The van der Waals surface area contributed by atoms with E-state index >= 15 is 0 Å². The number of para-hydroxylation sites is 1. The largest absolute Gasteiger partial charge is 0.366 e. The third-order valence-corrected chi connectivity index (χ3v) is 3.13. The van der Waals surface area contributed by atoms with Crippen molar-refractivity contribution in [2.45, 2.75) is 20.8 Å². The summed E-state index contributed by atoms with van der Waals surface area (Å²) in [5.41, 5.74) is 11.2. The molecule has 0 aromatic heterocycles. The van der Waals surface area contributed by atoms with Crippen LogP contribution in [0.1, 0.15) is 27.0 Å². The number of amides is 1. The number of carbonyl (C=O) groups is 1. The van der Waals surface area contributed by atoms with Crippen LogP contribution >= 0.6 is 0 Å². The third kappa shape index (κ3) is 2.76. The van der Waals surface area contributed by atoms with Crippen LogP contribution in [-0.2, 0) is 0 Å². The fourth-order valence-corrected chi connectivity index (χ4v) is 2.32. The second kappa shape index (κ2) is 5.14. The van der Waals surface area contributed by atoms with Crippen molar-refractivity contribution in [1.29, 1.82) is 0 Å². The van der Waals surface area contributed by atoms with Crippen molar-refractivity contribution in [3.63, 3.8) is 0 Å². The van der Waals surface area contributed by atoms with E-state index in [9.17, 15) is 4.79 Å². The number of primary amides is 1. The molecule has 0 fully saturated rings. The zero-order valence-corrected chi connectivity index (χ0v) is 11.4. The summed E-state index contributed by atoms with van der Waals surface area (Å²) in [5.74, 6) is -0.425. The van der Waals surface area contributed by atoms with Crippen molar-refractivity contribution in [2.24, 2.45) is 5.73 Å². The SMILES string of the molecule is Cc1cc(C)c(Nc2ccccc2C(N)=O)c(C)c1. The molecule has 3 N–H and O–H groups in total. The van der Waals surface area contributed by atoms with Crippen molar-refractivity contribution in [2.75, 3.05) is 5.32 Å². The summed E-state index contributed by atoms with van der Waals surface area (Å²) in [7, 11) is 0. The quantitative estimate of drug-likeness (QED) is 0.881. The number of carbonyl (C=O) groups excluding carboxylic acids is 1. The van der Waals surface area contributed by atoms with Gasteiger partial charge in [0, 0.05) is 5.69 Å². The van der Waals surface area contributed by atoms with Crippen LogP contribution in [0.15, 0.2) is 36.4 Å². The Bertz CT molecular complexity index is 609. The number of aryl methyl sites for hydroxylation is 3. The predicted molar refractivity (Wildman–Crippen MR) is 78.9 cm³/mol. The lowest BCUT2D eigenvalue weighted by Crippen LogP contribution is -2.13. The summed E-state index contributed by atoms with van der Waals surface area (Å²) in [6.07, 6.45) is 0. The van der Waals surface area contributed by atoms with Crippen LogP contribution in [0.25, 0.3) is 0 Å². The van der Waals surface area contributed by atoms with Crippen LogP contribution < -0.4 is 11.1 Å². The van der Waals surface area contributed by atoms with Crippen LogP contribution in [-0.4, -0.2) is 5.91 Å². The molecule has 0 aliphatic rings. The zero-order chi connectivity index (χ0) is 14.0. The minimum absolute atomic E-state index is 0.425. The number of nitrogens with one attached hydrogen (secondary N) is 1. The Morgan fingerprint density at radius 2 is 1.63 bits per heavy atom. The van der Waals surface area contributed by atoms with Crippen LogP contribution in [0, 0.1) is 20.8 Å². The molecule has 2 aromatic rings. The fraction of sp³-hybridized carbons (Fsp3) is 0.188. The maximum absolute atomic E-state index is 11.4. The van der Waals surface area contributed by atoms with Gasteiger partial charge in [0.25, 0.3) is 5.91 Å². The first-order valence-electron chi connectivity index (χ1n) is 6.22. The second-order valence-corrected chi connectivity index (χ2v) is 4.81. The molecule has 19 heavy (non-hydrogen) atoms. The highest BCUT2D eigenvalue weighted by Gasteiger charge is 2.10. The number of rotatable bonds is 3. The average Bonchev–Trinajstić information content (AvgIpc) is 2.34. The molecule has 0 radical (unpaired) electrons. The molecule has 0 bridgehead atoms. The molecule has 0 atom stereocenters. The number of benzene rings is 2. The van der Waals surface area contributed by atoms with Gasteiger partial charge in [-0.25, -0.2) is 0 Å². The lowest BCUT2D eigenvalue weighted by molar-refractivity contribution is 0.100. The monoisotopic (exact) mass is 254 g/mol. The predicted octanol–water partition coefficient (Wildman–Crippen LogP) is 3.45. The normalized spacial score (nSPS) is 10.3. The highest BCUT2D eigenvalue weighted by atomic mass is 16.1. The molecular weight excluding hydrogens is 236 g/mol. The topological polar surface area (TPSA) is 55.1 Å². The Morgan fingerprint density at radius 3 is 2.21 bits per heavy atom. The third-order valence-electron chi connectivity index (χ3n) is 3.13. The van der Waals surface area contributed by atoms with Gasteiger partial charge >= 0.3 is 0 Å². The Hall–Kier alpha value is -2.29. The van der Waals surface area contributed by atoms with Gasteiger partial charge < -0.3 is 11.1 Å². The van der Waals surface area contributed by atoms with E-state index in [2.05, 4.69) is 38.2 Å². The molecule has 98 valence electrons. The van der Waals surface area contributed by atoms with Gasteiger partial charge in [-0.05, 0) is 44.0 Å². The summed E-state index contributed by atoms with van der Waals surface area (Å²) in [5, 5.41) is 3.32.